The molecule has 0 aliphatic carbocycles. The van der Waals surface area contributed by atoms with E-state index in [9.17, 15) is 4.79 Å². The van der Waals surface area contributed by atoms with Crippen LogP contribution in [0.2, 0.25) is 0 Å². The molecule has 0 saturated heterocycles. The average molecular weight is 273 g/mol. The maximum atomic E-state index is 12.0. The number of nitrogens with zero attached hydrogens (tertiary/aromatic N) is 3. The van der Waals surface area contributed by atoms with E-state index < -0.39 is 0 Å². The lowest BCUT2D eigenvalue weighted by molar-refractivity contribution is 0.0949. The Bertz CT molecular complexity index is 578. The van der Waals surface area contributed by atoms with Crippen molar-refractivity contribution in [1.29, 1.82) is 0 Å². The normalized spacial score (nSPS) is 10.3. The van der Waals surface area contributed by atoms with Gasteiger partial charge in [0.15, 0.2) is 0 Å². The largest absolute Gasteiger partial charge is 0.370 e. The van der Waals surface area contributed by atoms with E-state index in [4.69, 9.17) is 0 Å². The van der Waals surface area contributed by atoms with Gasteiger partial charge >= 0.3 is 0 Å². The number of aryl methyl sites for hydroxylation is 1. The Morgan fingerprint density at radius 2 is 2.25 bits per heavy atom. The number of anilines is 1. The van der Waals surface area contributed by atoms with E-state index in [2.05, 4.69) is 20.6 Å². The molecule has 2 aromatic rings. The molecule has 1 amide bonds. The van der Waals surface area contributed by atoms with Gasteiger partial charge in [0, 0.05) is 39.0 Å². The zero-order chi connectivity index (χ0) is 14.4. The molecule has 0 radical (unpaired) electrons. The molecule has 6 heteroatoms. The highest BCUT2D eigenvalue weighted by Crippen LogP contribution is 2.04. The number of carbonyl (C=O) groups is 1. The molecule has 0 spiro atoms. The van der Waals surface area contributed by atoms with Crippen molar-refractivity contribution in [3.63, 3.8) is 0 Å². The van der Waals surface area contributed by atoms with Crippen LogP contribution in [-0.2, 0) is 13.5 Å². The molecule has 0 aliphatic heterocycles. The van der Waals surface area contributed by atoms with E-state index in [1.54, 1.807) is 12.3 Å². The van der Waals surface area contributed by atoms with Crippen molar-refractivity contribution >= 4 is 11.7 Å². The fourth-order valence-electron chi connectivity index (χ4n) is 1.86. The van der Waals surface area contributed by atoms with Crippen LogP contribution in [0.4, 0.5) is 5.82 Å². The van der Waals surface area contributed by atoms with Gasteiger partial charge in [-0.3, -0.25) is 4.79 Å². The fraction of sp³-hybridized carbons (Fsp3) is 0.357. The molecule has 2 aromatic heterocycles. The van der Waals surface area contributed by atoms with E-state index in [0.717, 1.165) is 12.4 Å². The summed E-state index contributed by atoms with van der Waals surface area (Å²) in [5.74, 6) is 1.49. The van der Waals surface area contributed by atoms with Crippen LogP contribution in [0.3, 0.4) is 0 Å². The molecule has 0 fully saturated rings. The standard InChI is InChI=1S/C14H19N5O/c1-3-15-12-6-4-5-11(18-12)14(20)17-8-7-13-16-9-10-19(13)2/h4-6,9-10H,3,7-8H2,1-2H3,(H,15,18)(H,17,20). The summed E-state index contributed by atoms with van der Waals surface area (Å²) in [4.78, 5) is 20.4. The molecule has 2 rings (SSSR count). The second kappa shape index (κ2) is 6.70. The number of hydrogen-bond donors (Lipinski definition) is 2. The molecular formula is C14H19N5O. The first-order valence-corrected chi connectivity index (χ1v) is 6.66. The summed E-state index contributed by atoms with van der Waals surface area (Å²) in [5.41, 5.74) is 0.420. The zero-order valence-corrected chi connectivity index (χ0v) is 11.8. The maximum Gasteiger partial charge on any atom is 0.269 e. The molecule has 6 nitrogen and oxygen atoms in total. The van der Waals surface area contributed by atoms with E-state index in [1.807, 2.05) is 36.9 Å². The van der Waals surface area contributed by atoms with E-state index >= 15 is 0 Å². The van der Waals surface area contributed by atoms with Gasteiger partial charge < -0.3 is 15.2 Å². The molecule has 0 saturated carbocycles. The molecule has 0 aliphatic rings. The third-order valence-corrected chi connectivity index (χ3v) is 2.89. The minimum Gasteiger partial charge on any atom is -0.370 e. The first kappa shape index (κ1) is 14.0. The van der Waals surface area contributed by atoms with Crippen molar-refractivity contribution in [1.82, 2.24) is 19.9 Å². The van der Waals surface area contributed by atoms with Crippen LogP contribution >= 0.6 is 0 Å². The SMILES string of the molecule is CCNc1cccc(C(=O)NCCc2nccn2C)n1. The second-order valence-electron chi connectivity index (χ2n) is 4.40. The van der Waals surface area contributed by atoms with Gasteiger partial charge in [-0.25, -0.2) is 9.97 Å². The lowest BCUT2D eigenvalue weighted by Gasteiger charge is -2.07. The van der Waals surface area contributed by atoms with Crippen LogP contribution in [0.5, 0.6) is 0 Å². The molecule has 0 aromatic carbocycles. The van der Waals surface area contributed by atoms with E-state index in [0.29, 0.717) is 24.5 Å². The molecule has 20 heavy (non-hydrogen) atoms. The first-order valence-electron chi connectivity index (χ1n) is 6.66. The number of nitrogens with one attached hydrogen (secondary N) is 2. The molecule has 0 atom stereocenters. The Labute approximate surface area is 118 Å². The summed E-state index contributed by atoms with van der Waals surface area (Å²) in [7, 11) is 1.94. The van der Waals surface area contributed by atoms with Crippen molar-refractivity contribution in [2.45, 2.75) is 13.3 Å². The van der Waals surface area contributed by atoms with E-state index in [-0.39, 0.29) is 5.91 Å². The summed E-state index contributed by atoms with van der Waals surface area (Å²) in [5, 5.41) is 5.94. The lowest BCUT2D eigenvalue weighted by Crippen LogP contribution is -2.27. The summed E-state index contributed by atoms with van der Waals surface area (Å²) in [6, 6.07) is 5.36. The van der Waals surface area contributed by atoms with Gasteiger partial charge in [-0.05, 0) is 19.1 Å². The van der Waals surface area contributed by atoms with Gasteiger partial charge in [0.1, 0.15) is 17.3 Å². The topological polar surface area (TPSA) is 71.8 Å². The van der Waals surface area contributed by atoms with Gasteiger partial charge in [-0.15, -0.1) is 0 Å². The zero-order valence-electron chi connectivity index (χ0n) is 11.8. The third-order valence-electron chi connectivity index (χ3n) is 2.89. The Kier molecular flexibility index (Phi) is 4.70. The number of aromatic nitrogens is 3. The van der Waals surface area contributed by atoms with Crippen LogP contribution < -0.4 is 10.6 Å². The highest BCUT2D eigenvalue weighted by Gasteiger charge is 2.08. The highest BCUT2D eigenvalue weighted by molar-refractivity contribution is 5.92. The quantitative estimate of drug-likeness (QED) is 0.830. The molecule has 106 valence electrons. The lowest BCUT2D eigenvalue weighted by atomic mass is 10.3. The van der Waals surface area contributed by atoms with Gasteiger partial charge in [0.25, 0.3) is 5.91 Å². The Morgan fingerprint density at radius 1 is 1.40 bits per heavy atom. The Morgan fingerprint density at radius 3 is 2.95 bits per heavy atom. The summed E-state index contributed by atoms with van der Waals surface area (Å²) in [6.07, 6.45) is 4.33. The van der Waals surface area contributed by atoms with Crippen LogP contribution in [0, 0.1) is 0 Å². The predicted molar refractivity (Wildman–Crippen MR) is 77.6 cm³/mol. The number of pyridine rings is 1. The van der Waals surface area contributed by atoms with Crippen molar-refractivity contribution in [3.05, 3.63) is 42.1 Å². The molecular weight excluding hydrogens is 254 g/mol. The molecule has 0 unspecified atom stereocenters. The van der Waals surface area contributed by atoms with Crippen LogP contribution in [-0.4, -0.2) is 33.5 Å². The van der Waals surface area contributed by atoms with Gasteiger partial charge in [0.05, 0.1) is 0 Å². The van der Waals surface area contributed by atoms with Crippen molar-refractivity contribution < 1.29 is 4.79 Å². The maximum absolute atomic E-state index is 12.0. The van der Waals surface area contributed by atoms with Gasteiger partial charge in [0.2, 0.25) is 0 Å². The minimum atomic E-state index is -0.168. The minimum absolute atomic E-state index is 0.168. The number of amides is 1. The van der Waals surface area contributed by atoms with Crippen LogP contribution in [0.1, 0.15) is 23.2 Å². The predicted octanol–water partition coefficient (Wildman–Crippen LogP) is 1.22. The average Bonchev–Trinajstić information content (AvgIpc) is 2.85. The Hall–Kier alpha value is -2.37. The highest BCUT2D eigenvalue weighted by atomic mass is 16.1. The Balaban J connectivity index is 1.88. The van der Waals surface area contributed by atoms with E-state index in [1.165, 1.54) is 0 Å². The van der Waals surface area contributed by atoms with Gasteiger partial charge in [-0.1, -0.05) is 6.07 Å². The smallest absolute Gasteiger partial charge is 0.269 e. The number of hydrogen-bond acceptors (Lipinski definition) is 4. The fourth-order valence-corrected chi connectivity index (χ4v) is 1.86. The molecule has 0 bridgehead atoms. The number of imidazole rings is 1. The van der Waals surface area contributed by atoms with Crippen molar-refractivity contribution in [3.8, 4) is 0 Å². The summed E-state index contributed by atoms with van der Waals surface area (Å²) >= 11 is 0. The van der Waals surface area contributed by atoms with Crippen LogP contribution in [0.25, 0.3) is 0 Å². The first-order chi connectivity index (χ1) is 9.70. The monoisotopic (exact) mass is 273 g/mol. The van der Waals surface area contributed by atoms with Crippen molar-refractivity contribution in [2.24, 2.45) is 7.05 Å². The summed E-state index contributed by atoms with van der Waals surface area (Å²) < 4.78 is 1.94. The van der Waals surface area contributed by atoms with Crippen LogP contribution in [0.15, 0.2) is 30.6 Å². The second-order valence-corrected chi connectivity index (χ2v) is 4.40. The third kappa shape index (κ3) is 3.57. The summed E-state index contributed by atoms with van der Waals surface area (Å²) in [6.45, 7) is 3.30. The number of carbonyl (C=O) groups excluding carboxylic acids is 1. The number of rotatable bonds is 6. The van der Waals surface area contributed by atoms with Crippen molar-refractivity contribution in [2.75, 3.05) is 18.4 Å². The molecule has 2 N–H and O–H groups in total. The molecule has 2 heterocycles. The van der Waals surface area contributed by atoms with Gasteiger partial charge in [-0.2, -0.15) is 0 Å².